The predicted molar refractivity (Wildman–Crippen MR) is 83.6 cm³/mol. The molecule has 0 N–H and O–H groups in total. The highest BCUT2D eigenvalue weighted by Crippen LogP contribution is 2.32. The third kappa shape index (κ3) is 3.29. The molecule has 0 aliphatic carbocycles. The van der Waals surface area contributed by atoms with Gasteiger partial charge in [-0.2, -0.15) is 28.8 Å². The van der Waals surface area contributed by atoms with E-state index in [4.69, 9.17) is 0 Å². The fraction of sp³-hybridized carbons (Fsp3) is 0.353. The van der Waals surface area contributed by atoms with Gasteiger partial charge >= 0.3 is 6.18 Å². The van der Waals surface area contributed by atoms with Gasteiger partial charge in [0.2, 0.25) is 0 Å². The Balaban J connectivity index is 1.89. The van der Waals surface area contributed by atoms with Gasteiger partial charge in [0, 0.05) is 19.3 Å². The maximum Gasteiger partial charge on any atom is 0.435 e. The van der Waals surface area contributed by atoms with E-state index in [1.807, 2.05) is 4.90 Å². The number of rotatable bonds is 2. The Morgan fingerprint density at radius 2 is 1.80 bits per heavy atom. The highest BCUT2D eigenvalue weighted by atomic mass is 19.4. The van der Waals surface area contributed by atoms with Gasteiger partial charge in [0.25, 0.3) is 0 Å². The Kier molecular flexibility index (Phi) is 4.37. The van der Waals surface area contributed by atoms with Crippen LogP contribution in [0.25, 0.3) is 0 Å². The second kappa shape index (κ2) is 6.48. The number of hydrogen-bond acceptors (Lipinski definition) is 4. The first-order valence-electron chi connectivity index (χ1n) is 7.74. The van der Waals surface area contributed by atoms with E-state index in [9.17, 15) is 23.7 Å². The lowest BCUT2D eigenvalue weighted by atomic mass is 10.0. The molecule has 1 aliphatic rings. The summed E-state index contributed by atoms with van der Waals surface area (Å²) in [7, 11) is 0. The first-order chi connectivity index (χ1) is 11.9. The third-order valence-corrected chi connectivity index (χ3v) is 4.26. The van der Waals surface area contributed by atoms with E-state index in [0.29, 0.717) is 36.3 Å². The molecule has 8 heteroatoms. The van der Waals surface area contributed by atoms with Crippen LogP contribution >= 0.6 is 0 Å². The molecular formula is C17H14F3N5. The highest BCUT2D eigenvalue weighted by Gasteiger charge is 2.34. The van der Waals surface area contributed by atoms with Crippen LogP contribution < -0.4 is 4.90 Å². The van der Waals surface area contributed by atoms with Crippen molar-refractivity contribution in [3.8, 4) is 12.1 Å². The summed E-state index contributed by atoms with van der Waals surface area (Å²) in [5, 5.41) is 22.3. The molecule has 0 bridgehead atoms. The fourth-order valence-electron chi connectivity index (χ4n) is 3.13. The van der Waals surface area contributed by atoms with Crippen LogP contribution in [0.15, 0.2) is 30.5 Å². The van der Waals surface area contributed by atoms with E-state index >= 15 is 0 Å². The van der Waals surface area contributed by atoms with Gasteiger partial charge in [0.05, 0.1) is 22.9 Å². The minimum absolute atomic E-state index is 0.247. The zero-order chi connectivity index (χ0) is 18.0. The van der Waals surface area contributed by atoms with Crippen LogP contribution in [0, 0.1) is 22.7 Å². The predicted octanol–water partition coefficient (Wildman–Crippen LogP) is 3.49. The molecule has 1 saturated heterocycles. The van der Waals surface area contributed by atoms with E-state index in [-0.39, 0.29) is 6.04 Å². The number of alkyl halides is 3. The summed E-state index contributed by atoms with van der Waals surface area (Å²) in [5.41, 5.74) is 0.396. The maximum absolute atomic E-state index is 12.7. The minimum atomic E-state index is -4.47. The highest BCUT2D eigenvalue weighted by molar-refractivity contribution is 5.68. The number of para-hydroxylation sites is 1. The summed E-state index contributed by atoms with van der Waals surface area (Å²) in [6, 6.07) is 9.79. The van der Waals surface area contributed by atoms with Crippen molar-refractivity contribution in [3.63, 3.8) is 0 Å². The number of piperidine rings is 1. The monoisotopic (exact) mass is 345 g/mol. The Bertz CT molecular complexity index is 824. The van der Waals surface area contributed by atoms with Crippen LogP contribution in [0.1, 0.15) is 35.7 Å². The number of anilines is 1. The van der Waals surface area contributed by atoms with Crippen LogP contribution in [0.2, 0.25) is 0 Å². The van der Waals surface area contributed by atoms with Crippen molar-refractivity contribution in [2.45, 2.75) is 25.1 Å². The van der Waals surface area contributed by atoms with E-state index in [2.05, 4.69) is 17.2 Å². The maximum atomic E-state index is 12.7. The Morgan fingerprint density at radius 3 is 2.36 bits per heavy atom. The third-order valence-electron chi connectivity index (χ3n) is 4.26. The SMILES string of the molecule is N#Cc1cccc(C#N)c1N1CCC[C@@H](n2ccc(C(F)(F)F)n2)C1. The number of nitrogens with zero attached hydrogens (tertiary/aromatic N) is 5. The number of benzene rings is 1. The Hall–Kier alpha value is -3.00. The molecule has 5 nitrogen and oxygen atoms in total. The summed E-state index contributed by atoms with van der Waals surface area (Å²) in [6.45, 7) is 1.03. The lowest BCUT2D eigenvalue weighted by molar-refractivity contribution is -0.141. The molecule has 1 aromatic heterocycles. The summed E-state index contributed by atoms with van der Waals surface area (Å²) in [4.78, 5) is 1.89. The minimum Gasteiger partial charge on any atom is -0.367 e. The largest absolute Gasteiger partial charge is 0.435 e. The number of nitriles is 2. The quantitative estimate of drug-likeness (QED) is 0.835. The molecule has 2 aromatic rings. The number of aromatic nitrogens is 2. The van der Waals surface area contributed by atoms with Crippen molar-refractivity contribution in [1.29, 1.82) is 10.5 Å². The molecule has 0 unspecified atom stereocenters. The molecule has 25 heavy (non-hydrogen) atoms. The second-order valence-electron chi connectivity index (χ2n) is 5.85. The van der Waals surface area contributed by atoms with Crippen molar-refractivity contribution in [2.24, 2.45) is 0 Å². The fourth-order valence-corrected chi connectivity index (χ4v) is 3.13. The Labute approximate surface area is 142 Å². The zero-order valence-corrected chi connectivity index (χ0v) is 13.2. The van der Waals surface area contributed by atoms with Gasteiger partial charge in [-0.15, -0.1) is 0 Å². The average molecular weight is 345 g/mol. The van der Waals surface area contributed by atoms with Crippen LogP contribution in [-0.4, -0.2) is 22.9 Å². The van der Waals surface area contributed by atoms with Crippen molar-refractivity contribution >= 4 is 5.69 Å². The molecule has 3 rings (SSSR count). The van der Waals surface area contributed by atoms with Gasteiger partial charge in [-0.25, -0.2) is 0 Å². The van der Waals surface area contributed by atoms with E-state index in [1.54, 1.807) is 18.2 Å². The smallest absolute Gasteiger partial charge is 0.367 e. The topological polar surface area (TPSA) is 68.6 Å². The summed E-state index contributed by atoms with van der Waals surface area (Å²) in [6.07, 6.45) is -1.72. The molecular weight excluding hydrogens is 331 g/mol. The number of halogens is 3. The molecule has 128 valence electrons. The van der Waals surface area contributed by atoms with E-state index in [1.165, 1.54) is 10.9 Å². The van der Waals surface area contributed by atoms with Crippen LogP contribution in [-0.2, 0) is 6.18 Å². The standard InChI is InChI=1S/C17H14F3N5/c18-17(19,20)15-6-8-25(23-15)14-5-2-7-24(11-14)16-12(9-21)3-1-4-13(16)10-22/h1,3-4,6,8,14H,2,5,7,11H2/t14-/m1/s1. The van der Waals surface area contributed by atoms with Crippen molar-refractivity contribution < 1.29 is 13.2 Å². The van der Waals surface area contributed by atoms with Gasteiger partial charge in [0.15, 0.2) is 5.69 Å². The lowest BCUT2D eigenvalue weighted by Crippen LogP contribution is -2.37. The number of hydrogen-bond donors (Lipinski definition) is 0. The lowest BCUT2D eigenvalue weighted by Gasteiger charge is -2.35. The van der Waals surface area contributed by atoms with Crippen LogP contribution in [0.5, 0.6) is 0 Å². The first-order valence-corrected chi connectivity index (χ1v) is 7.74. The van der Waals surface area contributed by atoms with E-state index < -0.39 is 11.9 Å². The van der Waals surface area contributed by atoms with Crippen molar-refractivity contribution in [3.05, 3.63) is 47.3 Å². The second-order valence-corrected chi connectivity index (χ2v) is 5.85. The molecule has 0 radical (unpaired) electrons. The van der Waals surface area contributed by atoms with Gasteiger partial charge in [-0.1, -0.05) is 6.07 Å². The van der Waals surface area contributed by atoms with Gasteiger partial charge < -0.3 is 4.90 Å². The molecule has 1 aliphatic heterocycles. The van der Waals surface area contributed by atoms with Crippen LogP contribution in [0.3, 0.4) is 0 Å². The van der Waals surface area contributed by atoms with Crippen LogP contribution in [0.4, 0.5) is 18.9 Å². The van der Waals surface area contributed by atoms with Gasteiger partial charge in [-0.05, 0) is 31.0 Å². The van der Waals surface area contributed by atoms with E-state index in [0.717, 1.165) is 12.5 Å². The Morgan fingerprint density at radius 1 is 1.12 bits per heavy atom. The molecule has 0 spiro atoms. The summed E-state index contributed by atoms with van der Waals surface area (Å²) >= 11 is 0. The van der Waals surface area contributed by atoms with Gasteiger partial charge in [0.1, 0.15) is 12.1 Å². The van der Waals surface area contributed by atoms with Crippen molar-refractivity contribution in [2.75, 3.05) is 18.0 Å². The molecule has 1 atom stereocenters. The summed E-state index contributed by atoms with van der Waals surface area (Å²) < 4.78 is 39.6. The molecule has 1 aromatic carbocycles. The molecule has 0 amide bonds. The van der Waals surface area contributed by atoms with Gasteiger partial charge in [-0.3, -0.25) is 4.68 Å². The normalized spacial score (nSPS) is 17.8. The molecule has 2 heterocycles. The summed E-state index contributed by atoms with van der Waals surface area (Å²) in [5.74, 6) is 0. The molecule has 0 saturated carbocycles. The molecule has 1 fully saturated rings. The average Bonchev–Trinajstić information content (AvgIpc) is 3.11. The van der Waals surface area contributed by atoms with Crippen molar-refractivity contribution in [1.82, 2.24) is 9.78 Å². The zero-order valence-electron chi connectivity index (χ0n) is 13.2. The first kappa shape index (κ1) is 16.8.